The Hall–Kier alpha value is -1.81. The summed E-state index contributed by atoms with van der Waals surface area (Å²) in [5.41, 5.74) is 2.07. The first-order chi connectivity index (χ1) is 10.2. The van der Waals surface area contributed by atoms with Crippen LogP contribution in [0.5, 0.6) is 5.75 Å². The number of halogens is 1. The molecule has 0 saturated heterocycles. The number of aromatic nitrogens is 1. The van der Waals surface area contributed by atoms with Gasteiger partial charge >= 0.3 is 0 Å². The minimum atomic E-state index is -0.242. The molecule has 0 spiro atoms. The normalized spacial score (nSPS) is 12.4. The highest BCUT2D eigenvalue weighted by Crippen LogP contribution is 2.26. The quantitative estimate of drug-likeness (QED) is 0.837. The SMILES string of the molecule is CCCn1cccc1CNC(C)c1cc(F)ccc1OC. The van der Waals surface area contributed by atoms with Gasteiger partial charge in [0.25, 0.3) is 0 Å². The number of ether oxygens (including phenoxy) is 1. The third-order valence-corrected chi connectivity index (χ3v) is 3.64. The smallest absolute Gasteiger partial charge is 0.123 e. The van der Waals surface area contributed by atoms with Crippen LogP contribution in [-0.4, -0.2) is 11.7 Å². The lowest BCUT2D eigenvalue weighted by molar-refractivity contribution is 0.399. The van der Waals surface area contributed by atoms with Crippen molar-refractivity contribution in [1.29, 1.82) is 0 Å². The van der Waals surface area contributed by atoms with E-state index in [0.29, 0.717) is 5.75 Å². The van der Waals surface area contributed by atoms with Gasteiger partial charge in [-0.1, -0.05) is 6.92 Å². The second kappa shape index (κ2) is 7.27. The van der Waals surface area contributed by atoms with Gasteiger partial charge in [0, 0.05) is 36.6 Å². The number of benzene rings is 1. The van der Waals surface area contributed by atoms with E-state index in [2.05, 4.69) is 35.1 Å². The van der Waals surface area contributed by atoms with Crippen molar-refractivity contribution < 1.29 is 9.13 Å². The minimum Gasteiger partial charge on any atom is -0.496 e. The number of aryl methyl sites for hydroxylation is 1. The minimum absolute atomic E-state index is 0.0145. The second-order valence-corrected chi connectivity index (χ2v) is 5.18. The van der Waals surface area contributed by atoms with E-state index in [1.807, 2.05) is 6.92 Å². The molecular formula is C17H23FN2O. The maximum Gasteiger partial charge on any atom is 0.123 e. The topological polar surface area (TPSA) is 26.2 Å². The van der Waals surface area contributed by atoms with Crippen molar-refractivity contribution in [1.82, 2.24) is 9.88 Å². The molecule has 1 unspecified atom stereocenters. The summed E-state index contributed by atoms with van der Waals surface area (Å²) in [5, 5.41) is 3.43. The van der Waals surface area contributed by atoms with Gasteiger partial charge < -0.3 is 14.6 Å². The predicted molar refractivity (Wildman–Crippen MR) is 82.9 cm³/mol. The molecule has 3 nitrogen and oxygen atoms in total. The Bertz CT molecular complexity index is 580. The zero-order valence-corrected chi connectivity index (χ0v) is 12.9. The van der Waals surface area contributed by atoms with Gasteiger partial charge in [-0.05, 0) is 43.7 Å². The van der Waals surface area contributed by atoms with Crippen molar-refractivity contribution >= 4 is 0 Å². The van der Waals surface area contributed by atoms with E-state index in [0.717, 1.165) is 25.1 Å². The van der Waals surface area contributed by atoms with Crippen LogP contribution in [0.25, 0.3) is 0 Å². The molecule has 21 heavy (non-hydrogen) atoms. The Kier molecular flexibility index (Phi) is 5.39. The lowest BCUT2D eigenvalue weighted by Gasteiger charge is -2.18. The third kappa shape index (κ3) is 3.85. The van der Waals surface area contributed by atoms with Gasteiger partial charge in [0.05, 0.1) is 7.11 Å². The van der Waals surface area contributed by atoms with Crippen LogP contribution in [0, 0.1) is 5.82 Å². The molecule has 1 aromatic heterocycles. The van der Waals surface area contributed by atoms with Crippen LogP contribution in [0.2, 0.25) is 0 Å². The predicted octanol–water partition coefficient (Wildman–Crippen LogP) is 3.90. The van der Waals surface area contributed by atoms with Crippen LogP contribution in [0.3, 0.4) is 0 Å². The number of hydrogen-bond donors (Lipinski definition) is 1. The van der Waals surface area contributed by atoms with Crippen molar-refractivity contribution in [2.45, 2.75) is 39.4 Å². The first-order valence-electron chi connectivity index (χ1n) is 7.36. The summed E-state index contributed by atoms with van der Waals surface area (Å²) in [4.78, 5) is 0. The lowest BCUT2D eigenvalue weighted by atomic mass is 10.1. The van der Waals surface area contributed by atoms with E-state index in [1.165, 1.54) is 17.8 Å². The van der Waals surface area contributed by atoms with E-state index >= 15 is 0 Å². The molecular weight excluding hydrogens is 267 g/mol. The van der Waals surface area contributed by atoms with Gasteiger partial charge in [-0.25, -0.2) is 4.39 Å². The molecule has 0 aliphatic heterocycles. The van der Waals surface area contributed by atoms with Crippen molar-refractivity contribution in [3.8, 4) is 5.75 Å². The molecule has 0 amide bonds. The molecule has 1 N–H and O–H groups in total. The van der Waals surface area contributed by atoms with Gasteiger partial charge in [-0.2, -0.15) is 0 Å². The fraction of sp³-hybridized carbons (Fsp3) is 0.412. The fourth-order valence-electron chi connectivity index (χ4n) is 2.48. The van der Waals surface area contributed by atoms with E-state index in [4.69, 9.17) is 4.74 Å². The monoisotopic (exact) mass is 290 g/mol. The summed E-state index contributed by atoms with van der Waals surface area (Å²) in [6, 6.07) is 8.80. The summed E-state index contributed by atoms with van der Waals surface area (Å²) < 4.78 is 21.0. The van der Waals surface area contributed by atoms with E-state index in [9.17, 15) is 4.39 Å². The summed E-state index contributed by atoms with van der Waals surface area (Å²) in [6.07, 6.45) is 3.20. The fourth-order valence-corrected chi connectivity index (χ4v) is 2.48. The molecule has 0 aliphatic rings. The highest BCUT2D eigenvalue weighted by molar-refractivity contribution is 5.36. The average molecular weight is 290 g/mol. The Morgan fingerprint density at radius 3 is 2.86 bits per heavy atom. The van der Waals surface area contributed by atoms with Gasteiger partial charge in [0.1, 0.15) is 11.6 Å². The summed E-state index contributed by atoms with van der Waals surface area (Å²) in [5.74, 6) is 0.467. The maximum atomic E-state index is 13.4. The number of nitrogens with zero attached hydrogens (tertiary/aromatic N) is 1. The third-order valence-electron chi connectivity index (χ3n) is 3.64. The Morgan fingerprint density at radius 1 is 1.33 bits per heavy atom. The molecule has 1 aromatic carbocycles. The van der Waals surface area contributed by atoms with E-state index in [-0.39, 0.29) is 11.9 Å². The molecule has 0 saturated carbocycles. The molecule has 114 valence electrons. The number of hydrogen-bond acceptors (Lipinski definition) is 2. The molecule has 1 atom stereocenters. The molecule has 2 rings (SSSR count). The zero-order chi connectivity index (χ0) is 15.2. The number of rotatable bonds is 7. The molecule has 1 heterocycles. The highest BCUT2D eigenvalue weighted by Gasteiger charge is 2.12. The van der Waals surface area contributed by atoms with E-state index < -0.39 is 0 Å². The summed E-state index contributed by atoms with van der Waals surface area (Å²) in [6.45, 7) is 5.94. The largest absolute Gasteiger partial charge is 0.496 e. The van der Waals surface area contributed by atoms with Crippen LogP contribution in [0.4, 0.5) is 4.39 Å². The number of nitrogens with one attached hydrogen (secondary N) is 1. The van der Waals surface area contributed by atoms with E-state index in [1.54, 1.807) is 13.2 Å². The van der Waals surface area contributed by atoms with Gasteiger partial charge in [-0.15, -0.1) is 0 Å². The van der Waals surface area contributed by atoms with Crippen molar-refractivity contribution in [3.05, 3.63) is 53.6 Å². The molecule has 4 heteroatoms. The standard InChI is InChI=1S/C17H23FN2O/c1-4-9-20-10-5-6-15(20)12-19-13(2)16-11-14(18)7-8-17(16)21-3/h5-8,10-11,13,19H,4,9,12H2,1-3H3. The average Bonchev–Trinajstić information content (AvgIpc) is 2.92. The zero-order valence-electron chi connectivity index (χ0n) is 12.9. The molecule has 0 radical (unpaired) electrons. The molecule has 0 bridgehead atoms. The highest BCUT2D eigenvalue weighted by atomic mass is 19.1. The first-order valence-corrected chi connectivity index (χ1v) is 7.36. The van der Waals surface area contributed by atoms with Crippen molar-refractivity contribution in [2.24, 2.45) is 0 Å². The maximum absolute atomic E-state index is 13.4. The number of methoxy groups -OCH3 is 1. The van der Waals surface area contributed by atoms with Crippen molar-refractivity contribution in [3.63, 3.8) is 0 Å². The lowest BCUT2D eigenvalue weighted by Crippen LogP contribution is -2.20. The summed E-state index contributed by atoms with van der Waals surface area (Å²) in [7, 11) is 1.61. The van der Waals surface area contributed by atoms with Gasteiger partial charge in [0.2, 0.25) is 0 Å². The van der Waals surface area contributed by atoms with Gasteiger partial charge in [-0.3, -0.25) is 0 Å². The molecule has 2 aromatic rings. The Balaban J connectivity index is 2.06. The second-order valence-electron chi connectivity index (χ2n) is 5.18. The van der Waals surface area contributed by atoms with Crippen LogP contribution in [-0.2, 0) is 13.1 Å². The Labute approximate surface area is 125 Å². The summed E-state index contributed by atoms with van der Waals surface area (Å²) >= 11 is 0. The first kappa shape index (κ1) is 15.6. The molecule has 0 fully saturated rings. The van der Waals surface area contributed by atoms with Crippen LogP contribution in [0.1, 0.15) is 37.6 Å². The Morgan fingerprint density at radius 2 is 2.14 bits per heavy atom. The van der Waals surface area contributed by atoms with Crippen LogP contribution in [0.15, 0.2) is 36.5 Å². The van der Waals surface area contributed by atoms with Gasteiger partial charge in [0.15, 0.2) is 0 Å². The van der Waals surface area contributed by atoms with Crippen LogP contribution < -0.4 is 10.1 Å². The van der Waals surface area contributed by atoms with Crippen molar-refractivity contribution in [2.75, 3.05) is 7.11 Å². The van der Waals surface area contributed by atoms with Crippen LogP contribution >= 0.6 is 0 Å². The molecule has 0 aliphatic carbocycles.